The lowest BCUT2D eigenvalue weighted by molar-refractivity contribution is -0.106. The monoisotopic (exact) mass is 449 g/mol. The summed E-state index contributed by atoms with van der Waals surface area (Å²) in [7, 11) is 3.91. The van der Waals surface area contributed by atoms with Crippen molar-refractivity contribution in [2.45, 2.75) is 25.9 Å². The normalized spacial score (nSPS) is 18.6. The lowest BCUT2D eigenvalue weighted by Gasteiger charge is -2.20. The van der Waals surface area contributed by atoms with Crippen LogP contribution in [0.25, 0.3) is 16.6 Å². The summed E-state index contributed by atoms with van der Waals surface area (Å²) >= 11 is 0. The first-order valence-electron chi connectivity index (χ1n) is 11.3. The van der Waals surface area contributed by atoms with E-state index in [2.05, 4.69) is 40.0 Å². The van der Waals surface area contributed by atoms with E-state index < -0.39 is 0 Å². The Kier molecular flexibility index (Phi) is 7.36. The van der Waals surface area contributed by atoms with Crippen LogP contribution in [0.2, 0.25) is 0 Å². The predicted molar refractivity (Wildman–Crippen MR) is 129 cm³/mol. The van der Waals surface area contributed by atoms with Gasteiger partial charge in [0.05, 0.1) is 6.10 Å². The molecule has 0 aliphatic carbocycles. The molecule has 0 saturated carbocycles. The first-order chi connectivity index (χ1) is 16.1. The molecule has 174 valence electrons. The van der Waals surface area contributed by atoms with E-state index in [0.29, 0.717) is 6.10 Å². The first kappa shape index (κ1) is 22.9. The van der Waals surface area contributed by atoms with E-state index in [-0.39, 0.29) is 0 Å². The summed E-state index contributed by atoms with van der Waals surface area (Å²) in [6, 6.07) is 12.1. The summed E-state index contributed by atoms with van der Waals surface area (Å²) in [6.07, 6.45) is 7.11. The van der Waals surface area contributed by atoms with Gasteiger partial charge < -0.3 is 24.2 Å². The number of rotatable bonds is 5. The number of likely N-dealkylation sites (N-methyl/N-ethyl adjacent to an activating group) is 1. The maximum absolute atomic E-state index is 8.81. The molecule has 4 heterocycles. The van der Waals surface area contributed by atoms with Crippen molar-refractivity contribution in [1.82, 2.24) is 19.8 Å². The fraction of sp³-hybridized carbons (Fsp3) is 0.400. The average Bonchev–Trinajstić information content (AvgIpc) is 3.46. The zero-order valence-corrected chi connectivity index (χ0v) is 19.5. The number of aromatic nitrogens is 3. The van der Waals surface area contributed by atoms with Gasteiger partial charge in [0.2, 0.25) is 0 Å². The lowest BCUT2D eigenvalue weighted by atomic mass is 10.0. The van der Waals surface area contributed by atoms with Gasteiger partial charge in [-0.25, -0.2) is 0 Å². The number of hydrogen-bond donors (Lipinski definition) is 0. The molecule has 1 unspecified atom stereocenters. The van der Waals surface area contributed by atoms with E-state index in [1.165, 1.54) is 12.5 Å². The van der Waals surface area contributed by atoms with Crippen LogP contribution < -0.4 is 9.74 Å². The van der Waals surface area contributed by atoms with Gasteiger partial charge in [-0.15, -0.1) is 5.10 Å². The highest BCUT2D eigenvalue weighted by atomic mass is 16.7. The Labute approximate surface area is 194 Å². The smallest absolute Gasteiger partial charge is 0.160 e. The van der Waals surface area contributed by atoms with Crippen molar-refractivity contribution in [2.24, 2.45) is 0 Å². The van der Waals surface area contributed by atoms with Crippen LogP contribution in [-0.4, -0.2) is 72.6 Å². The Morgan fingerprint density at radius 3 is 2.76 bits per heavy atom. The van der Waals surface area contributed by atoms with E-state index in [1.54, 1.807) is 12.0 Å². The van der Waals surface area contributed by atoms with E-state index in [9.17, 15) is 0 Å². The van der Waals surface area contributed by atoms with E-state index >= 15 is 0 Å². The second-order valence-corrected chi connectivity index (χ2v) is 8.25. The minimum atomic E-state index is 0.293. The molecule has 0 N–H and O–H groups in total. The van der Waals surface area contributed by atoms with Crippen molar-refractivity contribution in [2.75, 3.05) is 45.2 Å². The fourth-order valence-electron chi connectivity index (χ4n) is 4.19. The van der Waals surface area contributed by atoms with Crippen LogP contribution >= 0.6 is 0 Å². The molecule has 2 aliphatic heterocycles. The summed E-state index contributed by atoms with van der Waals surface area (Å²) in [4.78, 5) is 25.8. The van der Waals surface area contributed by atoms with Gasteiger partial charge >= 0.3 is 0 Å². The van der Waals surface area contributed by atoms with Gasteiger partial charge in [0, 0.05) is 51.2 Å². The number of pyridine rings is 1. The molecule has 0 spiro atoms. The highest BCUT2D eigenvalue weighted by Gasteiger charge is 2.23. The SMILES string of the molecule is CC=O.COC1CCN(c2cccc(On3nc(C4=CCN(C)CC4)c4ncccc43)c2)C1. The number of benzene rings is 1. The van der Waals surface area contributed by atoms with Gasteiger partial charge in [0.1, 0.15) is 23.0 Å². The van der Waals surface area contributed by atoms with E-state index in [1.807, 2.05) is 30.5 Å². The highest BCUT2D eigenvalue weighted by molar-refractivity contribution is 5.87. The highest BCUT2D eigenvalue weighted by Crippen LogP contribution is 2.29. The number of hydrogen-bond acceptors (Lipinski definition) is 7. The molecule has 1 atom stereocenters. The van der Waals surface area contributed by atoms with Gasteiger partial charge in [0.25, 0.3) is 0 Å². The molecule has 33 heavy (non-hydrogen) atoms. The Hall–Kier alpha value is -3.23. The maximum Gasteiger partial charge on any atom is 0.160 e. The Morgan fingerprint density at radius 1 is 1.18 bits per heavy atom. The Bertz CT molecular complexity index is 1130. The van der Waals surface area contributed by atoms with Crippen molar-refractivity contribution < 1.29 is 14.4 Å². The second kappa shape index (κ2) is 10.6. The zero-order valence-electron chi connectivity index (χ0n) is 19.5. The molecule has 1 saturated heterocycles. The number of anilines is 1. The second-order valence-electron chi connectivity index (χ2n) is 8.25. The van der Waals surface area contributed by atoms with Gasteiger partial charge in [-0.1, -0.05) is 17.0 Å². The number of carbonyl (C=O) groups excluding carboxylic acids is 1. The minimum absolute atomic E-state index is 0.293. The molecule has 0 bridgehead atoms. The molecular formula is C25H31N5O3. The van der Waals surface area contributed by atoms with Crippen LogP contribution in [0.3, 0.4) is 0 Å². The third-order valence-electron chi connectivity index (χ3n) is 5.98. The molecule has 8 heteroatoms. The molecule has 1 aromatic carbocycles. The molecule has 1 fully saturated rings. The van der Waals surface area contributed by atoms with Crippen molar-refractivity contribution in [1.29, 1.82) is 0 Å². The molecule has 3 aromatic rings. The predicted octanol–water partition coefficient (Wildman–Crippen LogP) is 3.42. The third kappa shape index (κ3) is 5.23. The average molecular weight is 450 g/mol. The molecule has 2 aromatic heterocycles. The molecule has 0 amide bonds. The van der Waals surface area contributed by atoms with E-state index in [4.69, 9.17) is 19.5 Å². The van der Waals surface area contributed by atoms with Crippen LogP contribution in [0.1, 0.15) is 25.5 Å². The summed E-state index contributed by atoms with van der Waals surface area (Å²) in [5, 5.41) is 4.80. The van der Waals surface area contributed by atoms with Crippen LogP contribution in [0.15, 0.2) is 48.7 Å². The number of fused-ring (bicyclic) bond motifs is 1. The first-order valence-corrected chi connectivity index (χ1v) is 11.3. The Balaban J connectivity index is 0.000000821. The molecule has 2 aliphatic rings. The molecule has 5 rings (SSSR count). The fourth-order valence-corrected chi connectivity index (χ4v) is 4.19. The van der Waals surface area contributed by atoms with Crippen LogP contribution in [0, 0.1) is 0 Å². The largest absolute Gasteiger partial charge is 0.380 e. The van der Waals surface area contributed by atoms with E-state index in [0.717, 1.165) is 73.5 Å². The third-order valence-corrected chi connectivity index (χ3v) is 5.98. The maximum atomic E-state index is 8.81. The quantitative estimate of drug-likeness (QED) is 0.553. The van der Waals surface area contributed by atoms with Crippen molar-refractivity contribution in [3.63, 3.8) is 0 Å². The molecule has 0 radical (unpaired) electrons. The van der Waals surface area contributed by atoms with Crippen LogP contribution in [0.4, 0.5) is 5.69 Å². The standard InChI is InChI=1S/C23H27N5O2.C2H4O/c1-26-12-8-17(9-13-26)22-23-21(7-4-11-24-23)28(25-22)30-19-6-3-5-18(15-19)27-14-10-20(16-27)29-2;1-2-3/h3-8,11,15,20H,9-10,12-14,16H2,1-2H3;2H,1H3. The number of ether oxygens (including phenoxy) is 1. The summed E-state index contributed by atoms with van der Waals surface area (Å²) in [5.41, 5.74) is 5.04. The van der Waals surface area contributed by atoms with Crippen LogP contribution in [-0.2, 0) is 9.53 Å². The molecule has 8 nitrogen and oxygen atoms in total. The van der Waals surface area contributed by atoms with Crippen molar-refractivity contribution >= 4 is 28.6 Å². The Morgan fingerprint density at radius 2 is 2.03 bits per heavy atom. The number of carbonyl (C=O) groups is 1. The summed E-state index contributed by atoms with van der Waals surface area (Å²) in [6.45, 7) is 5.29. The lowest BCUT2D eigenvalue weighted by Crippen LogP contribution is -2.23. The number of methoxy groups -OCH3 is 1. The van der Waals surface area contributed by atoms with Crippen molar-refractivity contribution in [3.05, 3.63) is 54.4 Å². The minimum Gasteiger partial charge on any atom is -0.380 e. The van der Waals surface area contributed by atoms with Gasteiger partial charge in [-0.2, -0.15) is 0 Å². The van der Waals surface area contributed by atoms with Crippen molar-refractivity contribution in [3.8, 4) is 5.75 Å². The molecular weight excluding hydrogens is 418 g/mol. The summed E-state index contributed by atoms with van der Waals surface area (Å²) in [5.74, 6) is 0.755. The van der Waals surface area contributed by atoms with Gasteiger partial charge in [-0.3, -0.25) is 4.98 Å². The summed E-state index contributed by atoms with van der Waals surface area (Å²) < 4.78 is 5.50. The zero-order chi connectivity index (χ0) is 23.2. The number of nitrogens with zero attached hydrogens (tertiary/aromatic N) is 5. The number of aldehydes is 1. The van der Waals surface area contributed by atoms with Crippen LogP contribution in [0.5, 0.6) is 5.75 Å². The van der Waals surface area contributed by atoms with Gasteiger partial charge in [0.15, 0.2) is 5.75 Å². The van der Waals surface area contributed by atoms with Gasteiger partial charge in [-0.05, 0) is 56.7 Å². The topological polar surface area (TPSA) is 72.7 Å².